The summed E-state index contributed by atoms with van der Waals surface area (Å²) in [5.74, 6) is 1.69. The minimum absolute atomic E-state index is 0.594. The molecule has 0 fully saturated rings. The van der Waals surface area contributed by atoms with E-state index in [1.165, 1.54) is 11.3 Å². The van der Waals surface area contributed by atoms with Crippen LogP contribution in [0.5, 0.6) is 11.5 Å². The van der Waals surface area contributed by atoms with Gasteiger partial charge in [0, 0.05) is 11.8 Å². The number of hydrogen-bond donors (Lipinski definition) is 1. The first kappa shape index (κ1) is 12.7. The van der Waals surface area contributed by atoms with Crippen molar-refractivity contribution >= 4 is 16.5 Å². The van der Waals surface area contributed by atoms with Gasteiger partial charge in [0.2, 0.25) is 0 Å². The second-order valence-corrected chi connectivity index (χ2v) is 4.57. The van der Waals surface area contributed by atoms with Crippen LogP contribution in [0.1, 0.15) is 12.6 Å². The molecule has 2 aromatic rings. The van der Waals surface area contributed by atoms with E-state index in [0.717, 1.165) is 23.6 Å². The summed E-state index contributed by atoms with van der Waals surface area (Å²) >= 11 is 1.45. The fourth-order valence-corrected chi connectivity index (χ4v) is 2.11. The van der Waals surface area contributed by atoms with Crippen LogP contribution in [0.4, 0.5) is 5.13 Å². The van der Waals surface area contributed by atoms with Crippen LogP contribution in [0.15, 0.2) is 29.6 Å². The third kappa shape index (κ3) is 3.63. The van der Waals surface area contributed by atoms with Gasteiger partial charge in [0.05, 0.1) is 18.9 Å². The molecule has 1 aromatic heterocycles. The molecule has 0 saturated carbocycles. The Labute approximate surface area is 110 Å². The van der Waals surface area contributed by atoms with Crippen molar-refractivity contribution in [1.82, 2.24) is 4.98 Å². The topological polar surface area (TPSA) is 57.4 Å². The van der Waals surface area contributed by atoms with Gasteiger partial charge in [-0.1, -0.05) is 0 Å². The molecule has 0 aliphatic rings. The Morgan fingerprint density at radius 1 is 1.17 bits per heavy atom. The van der Waals surface area contributed by atoms with Gasteiger partial charge in [-0.3, -0.25) is 0 Å². The van der Waals surface area contributed by atoms with E-state index in [0.29, 0.717) is 18.3 Å². The summed E-state index contributed by atoms with van der Waals surface area (Å²) in [7, 11) is 0. The lowest BCUT2D eigenvalue weighted by Crippen LogP contribution is -2.02. The third-order valence-corrected chi connectivity index (χ3v) is 3.05. The van der Waals surface area contributed by atoms with Crippen molar-refractivity contribution in [3.8, 4) is 11.5 Å². The van der Waals surface area contributed by atoms with Crippen LogP contribution in [0.25, 0.3) is 0 Å². The van der Waals surface area contributed by atoms with E-state index in [-0.39, 0.29) is 0 Å². The van der Waals surface area contributed by atoms with Crippen LogP contribution in [0.3, 0.4) is 0 Å². The monoisotopic (exact) mass is 264 g/mol. The summed E-state index contributed by atoms with van der Waals surface area (Å²) in [4.78, 5) is 4.18. The number of hydrogen-bond acceptors (Lipinski definition) is 5. The predicted molar refractivity (Wildman–Crippen MR) is 73.3 cm³/mol. The molecule has 0 spiro atoms. The zero-order valence-electron chi connectivity index (χ0n) is 10.3. The largest absolute Gasteiger partial charge is 0.494 e. The highest BCUT2D eigenvalue weighted by Gasteiger charge is 2.00. The van der Waals surface area contributed by atoms with Crippen molar-refractivity contribution in [2.75, 3.05) is 18.9 Å². The van der Waals surface area contributed by atoms with Crippen LogP contribution in [0.2, 0.25) is 0 Å². The Kier molecular flexibility index (Phi) is 4.41. The number of thiazole rings is 1. The smallest absolute Gasteiger partial charge is 0.180 e. The van der Waals surface area contributed by atoms with Gasteiger partial charge in [-0.15, -0.1) is 11.3 Å². The SMILES string of the molecule is CCOc1ccc(OCCc2csc(N)n2)cc1. The van der Waals surface area contributed by atoms with E-state index in [4.69, 9.17) is 15.2 Å². The molecular formula is C13H16N2O2S. The van der Waals surface area contributed by atoms with Gasteiger partial charge < -0.3 is 15.2 Å². The quantitative estimate of drug-likeness (QED) is 0.871. The van der Waals surface area contributed by atoms with Crippen LogP contribution >= 0.6 is 11.3 Å². The Balaban J connectivity index is 1.79. The van der Waals surface area contributed by atoms with E-state index >= 15 is 0 Å². The summed E-state index contributed by atoms with van der Waals surface area (Å²) in [6.45, 7) is 3.23. The molecule has 1 heterocycles. The molecule has 0 aliphatic heterocycles. The molecule has 0 radical (unpaired) electrons. The number of benzene rings is 1. The van der Waals surface area contributed by atoms with Crippen molar-refractivity contribution in [2.45, 2.75) is 13.3 Å². The average Bonchev–Trinajstić information content (AvgIpc) is 2.78. The molecule has 0 unspecified atom stereocenters. The molecule has 2 rings (SSSR count). The van der Waals surface area contributed by atoms with Crippen LogP contribution < -0.4 is 15.2 Å². The van der Waals surface area contributed by atoms with E-state index in [1.54, 1.807) is 0 Å². The van der Waals surface area contributed by atoms with Gasteiger partial charge in [0.15, 0.2) is 5.13 Å². The number of nitrogens with two attached hydrogens (primary N) is 1. The van der Waals surface area contributed by atoms with Crippen molar-refractivity contribution in [2.24, 2.45) is 0 Å². The molecule has 0 atom stereocenters. The summed E-state index contributed by atoms with van der Waals surface area (Å²) in [6, 6.07) is 7.61. The first-order valence-electron chi connectivity index (χ1n) is 5.83. The molecule has 4 nitrogen and oxygen atoms in total. The first-order valence-corrected chi connectivity index (χ1v) is 6.71. The Morgan fingerprint density at radius 3 is 2.39 bits per heavy atom. The van der Waals surface area contributed by atoms with Crippen molar-refractivity contribution in [3.63, 3.8) is 0 Å². The van der Waals surface area contributed by atoms with Gasteiger partial charge in [0.25, 0.3) is 0 Å². The summed E-state index contributed by atoms with van der Waals surface area (Å²) < 4.78 is 11.0. The Morgan fingerprint density at radius 2 is 1.83 bits per heavy atom. The summed E-state index contributed by atoms with van der Waals surface area (Å²) in [5.41, 5.74) is 6.53. The van der Waals surface area contributed by atoms with Crippen molar-refractivity contribution in [1.29, 1.82) is 0 Å². The van der Waals surface area contributed by atoms with Gasteiger partial charge in [-0.05, 0) is 31.2 Å². The molecule has 5 heteroatoms. The number of aromatic nitrogens is 1. The van der Waals surface area contributed by atoms with Crippen LogP contribution in [-0.2, 0) is 6.42 Å². The lowest BCUT2D eigenvalue weighted by molar-refractivity contribution is 0.317. The fourth-order valence-electron chi connectivity index (χ4n) is 1.51. The summed E-state index contributed by atoms with van der Waals surface area (Å²) in [5, 5.41) is 2.56. The Bertz CT molecular complexity index is 482. The standard InChI is InChI=1S/C13H16N2O2S/c1-2-16-11-3-5-12(6-4-11)17-8-7-10-9-18-13(14)15-10/h3-6,9H,2,7-8H2,1H3,(H2,14,15). The fraction of sp³-hybridized carbons (Fsp3) is 0.308. The number of rotatable bonds is 6. The molecule has 0 aliphatic carbocycles. The average molecular weight is 264 g/mol. The normalized spacial score (nSPS) is 10.3. The molecule has 1 aromatic carbocycles. The second-order valence-electron chi connectivity index (χ2n) is 3.68. The Hall–Kier alpha value is -1.75. The molecule has 0 amide bonds. The van der Waals surface area contributed by atoms with E-state index in [2.05, 4.69) is 4.98 Å². The number of nitrogen functional groups attached to an aromatic ring is 1. The first-order chi connectivity index (χ1) is 8.78. The van der Waals surface area contributed by atoms with Crippen molar-refractivity contribution < 1.29 is 9.47 Å². The maximum Gasteiger partial charge on any atom is 0.180 e. The molecule has 96 valence electrons. The lowest BCUT2D eigenvalue weighted by Gasteiger charge is -2.06. The minimum Gasteiger partial charge on any atom is -0.494 e. The van der Waals surface area contributed by atoms with Gasteiger partial charge >= 0.3 is 0 Å². The van der Waals surface area contributed by atoms with E-state index < -0.39 is 0 Å². The van der Waals surface area contributed by atoms with Crippen LogP contribution in [-0.4, -0.2) is 18.2 Å². The number of nitrogens with zero attached hydrogens (tertiary/aromatic N) is 1. The molecular weight excluding hydrogens is 248 g/mol. The predicted octanol–water partition coefficient (Wildman–Crippen LogP) is 2.75. The van der Waals surface area contributed by atoms with E-state index in [9.17, 15) is 0 Å². The molecule has 0 saturated heterocycles. The highest BCUT2D eigenvalue weighted by Crippen LogP contribution is 2.18. The lowest BCUT2D eigenvalue weighted by atomic mass is 10.3. The van der Waals surface area contributed by atoms with E-state index in [1.807, 2.05) is 36.6 Å². The highest BCUT2D eigenvalue weighted by molar-refractivity contribution is 7.13. The molecule has 18 heavy (non-hydrogen) atoms. The maximum atomic E-state index is 5.62. The van der Waals surface area contributed by atoms with Gasteiger partial charge in [-0.25, -0.2) is 4.98 Å². The van der Waals surface area contributed by atoms with Gasteiger partial charge in [0.1, 0.15) is 11.5 Å². The van der Waals surface area contributed by atoms with Crippen molar-refractivity contribution in [3.05, 3.63) is 35.3 Å². The number of ether oxygens (including phenoxy) is 2. The van der Waals surface area contributed by atoms with Gasteiger partial charge in [-0.2, -0.15) is 0 Å². The zero-order valence-corrected chi connectivity index (χ0v) is 11.1. The summed E-state index contributed by atoms with van der Waals surface area (Å²) in [6.07, 6.45) is 0.765. The zero-order chi connectivity index (χ0) is 12.8. The molecule has 0 bridgehead atoms. The highest BCUT2D eigenvalue weighted by atomic mass is 32.1. The maximum absolute atomic E-state index is 5.62. The van der Waals surface area contributed by atoms with Crippen LogP contribution in [0, 0.1) is 0 Å². The molecule has 2 N–H and O–H groups in total. The second kappa shape index (κ2) is 6.26. The third-order valence-electron chi connectivity index (χ3n) is 2.33. The number of anilines is 1. The minimum atomic E-state index is 0.594.